The van der Waals surface area contributed by atoms with Crippen molar-refractivity contribution in [2.45, 2.75) is 18.7 Å². The molecule has 0 spiro atoms. The van der Waals surface area contributed by atoms with Gasteiger partial charge in [-0.05, 0) is 5.82 Å². The van der Waals surface area contributed by atoms with Gasteiger partial charge < -0.3 is 10.0 Å². The average Bonchev–Trinajstić information content (AvgIpc) is 2.06. The molecule has 0 bridgehead atoms. The maximum Gasteiger partial charge on any atom is 0.454 e. The molecule has 7 heavy (non-hydrogen) atoms. The van der Waals surface area contributed by atoms with E-state index in [1.165, 1.54) is 0 Å². The summed E-state index contributed by atoms with van der Waals surface area (Å²) in [5, 5.41) is 16.5. The van der Waals surface area contributed by atoms with Gasteiger partial charge >= 0.3 is 7.12 Å². The van der Waals surface area contributed by atoms with Crippen LogP contribution in [0.25, 0.3) is 0 Å². The molecular formula is C3H7BO2Pd. The Morgan fingerprint density at radius 3 is 1.71 bits per heavy atom. The Morgan fingerprint density at radius 1 is 1.29 bits per heavy atom. The van der Waals surface area contributed by atoms with Gasteiger partial charge in [-0.1, -0.05) is 12.8 Å². The predicted molar refractivity (Wildman–Crippen MR) is 23.2 cm³/mol. The minimum absolute atomic E-state index is 0. The molecule has 0 radical (unpaired) electrons. The van der Waals surface area contributed by atoms with Crippen molar-refractivity contribution in [2.75, 3.05) is 0 Å². The molecule has 0 atom stereocenters. The van der Waals surface area contributed by atoms with E-state index in [4.69, 9.17) is 10.0 Å². The third-order valence-corrected chi connectivity index (χ3v) is 1.04. The molecule has 0 unspecified atom stereocenters. The maximum atomic E-state index is 8.25. The monoisotopic (exact) mass is 192 g/mol. The molecule has 1 fully saturated rings. The van der Waals surface area contributed by atoms with Crippen molar-refractivity contribution in [3.05, 3.63) is 0 Å². The van der Waals surface area contributed by atoms with Crippen LogP contribution in [-0.2, 0) is 20.4 Å². The first-order valence-corrected chi connectivity index (χ1v) is 2.17. The van der Waals surface area contributed by atoms with Gasteiger partial charge in [-0.25, -0.2) is 0 Å². The summed E-state index contributed by atoms with van der Waals surface area (Å²) in [5.74, 6) is 0.213. The van der Waals surface area contributed by atoms with Crippen LogP contribution in [0.3, 0.4) is 0 Å². The fraction of sp³-hybridized carbons (Fsp3) is 1.00. The Balaban J connectivity index is 0.000000360. The molecule has 0 saturated heterocycles. The van der Waals surface area contributed by atoms with Gasteiger partial charge in [0.25, 0.3) is 0 Å². The van der Waals surface area contributed by atoms with E-state index in [1.807, 2.05) is 0 Å². The molecular weight excluding hydrogens is 185 g/mol. The Hall–Kier alpha value is 0.647. The van der Waals surface area contributed by atoms with Crippen molar-refractivity contribution in [3.8, 4) is 0 Å². The maximum absolute atomic E-state index is 8.25. The van der Waals surface area contributed by atoms with E-state index in [-0.39, 0.29) is 26.2 Å². The average molecular weight is 192 g/mol. The van der Waals surface area contributed by atoms with Crippen LogP contribution in [0.5, 0.6) is 0 Å². The first-order valence-electron chi connectivity index (χ1n) is 2.17. The molecule has 1 rings (SSSR count). The SMILES string of the molecule is OB(O)C1CC1.[Pd]. The van der Waals surface area contributed by atoms with Gasteiger partial charge in [0.2, 0.25) is 0 Å². The summed E-state index contributed by atoms with van der Waals surface area (Å²) in [5.41, 5.74) is 0. The number of hydrogen-bond acceptors (Lipinski definition) is 2. The summed E-state index contributed by atoms with van der Waals surface area (Å²) in [6.07, 6.45) is 2.00. The van der Waals surface area contributed by atoms with E-state index in [1.54, 1.807) is 0 Å². The zero-order chi connectivity index (χ0) is 4.57. The molecule has 1 saturated carbocycles. The van der Waals surface area contributed by atoms with E-state index in [2.05, 4.69) is 0 Å². The van der Waals surface area contributed by atoms with Gasteiger partial charge in [-0.3, -0.25) is 0 Å². The van der Waals surface area contributed by atoms with Gasteiger partial charge in [0.1, 0.15) is 0 Å². The van der Waals surface area contributed by atoms with Crippen molar-refractivity contribution in [3.63, 3.8) is 0 Å². The van der Waals surface area contributed by atoms with E-state index < -0.39 is 7.12 Å². The van der Waals surface area contributed by atoms with Crippen molar-refractivity contribution >= 4 is 7.12 Å². The normalized spacial score (nSPS) is 18.0. The summed E-state index contributed by atoms with van der Waals surface area (Å²) in [6.45, 7) is 0. The van der Waals surface area contributed by atoms with E-state index in [0.717, 1.165) is 12.8 Å². The van der Waals surface area contributed by atoms with E-state index in [9.17, 15) is 0 Å². The molecule has 1 aliphatic carbocycles. The van der Waals surface area contributed by atoms with Crippen LogP contribution in [0, 0.1) is 0 Å². The largest absolute Gasteiger partial charge is 0.454 e. The summed E-state index contributed by atoms with van der Waals surface area (Å²) >= 11 is 0. The molecule has 1 aliphatic rings. The second-order valence-electron chi connectivity index (χ2n) is 1.75. The summed E-state index contributed by atoms with van der Waals surface area (Å²) < 4.78 is 0. The molecule has 0 heterocycles. The van der Waals surface area contributed by atoms with Crippen molar-refractivity contribution in [1.29, 1.82) is 0 Å². The van der Waals surface area contributed by atoms with Gasteiger partial charge in [0.15, 0.2) is 0 Å². The minimum Gasteiger partial charge on any atom is -0.427 e. The quantitative estimate of drug-likeness (QED) is 0.556. The third-order valence-electron chi connectivity index (χ3n) is 1.04. The molecule has 0 aliphatic heterocycles. The first-order chi connectivity index (χ1) is 2.80. The fourth-order valence-corrected chi connectivity index (χ4v) is 0.394. The Morgan fingerprint density at radius 2 is 1.71 bits per heavy atom. The van der Waals surface area contributed by atoms with Crippen LogP contribution in [0.15, 0.2) is 0 Å². The molecule has 0 aromatic rings. The van der Waals surface area contributed by atoms with Crippen LogP contribution < -0.4 is 0 Å². The Bertz CT molecular complexity index is 54.9. The van der Waals surface area contributed by atoms with Crippen molar-refractivity contribution < 1.29 is 30.5 Å². The van der Waals surface area contributed by atoms with Crippen LogP contribution in [0.4, 0.5) is 0 Å². The topological polar surface area (TPSA) is 40.5 Å². The number of hydrogen-bond donors (Lipinski definition) is 2. The third kappa shape index (κ3) is 2.45. The van der Waals surface area contributed by atoms with Crippen LogP contribution in [-0.4, -0.2) is 17.2 Å². The zero-order valence-corrected chi connectivity index (χ0v) is 5.33. The standard InChI is InChI=1S/C3H7BO2.Pd/c5-4(6)3-1-2-3;/h3,5-6H,1-2H2;. The molecule has 0 amide bonds. The van der Waals surface area contributed by atoms with Crippen LogP contribution >= 0.6 is 0 Å². The molecule has 44 valence electrons. The molecule has 4 heteroatoms. The second-order valence-corrected chi connectivity index (χ2v) is 1.75. The zero-order valence-electron chi connectivity index (χ0n) is 3.78. The summed E-state index contributed by atoms with van der Waals surface area (Å²) in [4.78, 5) is 0. The molecule has 0 aromatic carbocycles. The van der Waals surface area contributed by atoms with E-state index >= 15 is 0 Å². The Labute approximate surface area is 56.7 Å². The summed E-state index contributed by atoms with van der Waals surface area (Å²) in [7, 11) is -1.04. The molecule has 0 aromatic heterocycles. The first kappa shape index (κ1) is 7.65. The van der Waals surface area contributed by atoms with Crippen molar-refractivity contribution in [2.24, 2.45) is 0 Å². The minimum atomic E-state index is -1.04. The molecule has 2 nitrogen and oxygen atoms in total. The van der Waals surface area contributed by atoms with Crippen LogP contribution in [0.1, 0.15) is 12.8 Å². The predicted octanol–water partition coefficient (Wildman–Crippen LogP) is -0.379. The fourth-order valence-electron chi connectivity index (χ4n) is 0.394. The Kier molecular flexibility index (Phi) is 3.10. The summed E-state index contributed by atoms with van der Waals surface area (Å²) in [6, 6.07) is 0. The second kappa shape index (κ2) is 2.84. The van der Waals surface area contributed by atoms with E-state index in [0.29, 0.717) is 0 Å². The van der Waals surface area contributed by atoms with Gasteiger partial charge in [-0.15, -0.1) is 0 Å². The van der Waals surface area contributed by atoms with Gasteiger partial charge in [0, 0.05) is 20.4 Å². The molecule has 2 N–H and O–H groups in total. The van der Waals surface area contributed by atoms with Crippen molar-refractivity contribution in [1.82, 2.24) is 0 Å². The van der Waals surface area contributed by atoms with Crippen LogP contribution in [0.2, 0.25) is 5.82 Å². The van der Waals surface area contributed by atoms with Gasteiger partial charge in [0.05, 0.1) is 0 Å². The van der Waals surface area contributed by atoms with Gasteiger partial charge in [-0.2, -0.15) is 0 Å². The number of rotatable bonds is 1. The smallest absolute Gasteiger partial charge is 0.427 e.